The Labute approximate surface area is 168 Å². The molecule has 3 aromatic carbocycles. The summed E-state index contributed by atoms with van der Waals surface area (Å²) in [7, 11) is 0. The first-order valence-corrected chi connectivity index (χ1v) is 9.80. The number of rotatable bonds is 3. The molecule has 2 heteroatoms. The normalized spacial score (nSPS) is 10.8. The van der Waals surface area contributed by atoms with E-state index >= 15 is 0 Å². The molecule has 0 atom stereocenters. The minimum atomic E-state index is 0.984. The smallest absolute Gasteiger partial charge is 0.0715 e. The minimum Gasteiger partial charge on any atom is -0.248 e. The molecule has 1 aromatic heterocycles. The van der Waals surface area contributed by atoms with Gasteiger partial charge in [0.2, 0.25) is 0 Å². The largest absolute Gasteiger partial charge is 0.248 e. The summed E-state index contributed by atoms with van der Waals surface area (Å²) >= 11 is 3.52. The molecular formula is C25H20BrN. The Hall–Kier alpha value is -2.71. The highest BCUT2D eigenvalue weighted by molar-refractivity contribution is 9.10. The molecule has 4 rings (SSSR count). The summed E-state index contributed by atoms with van der Waals surface area (Å²) in [6.45, 7) is 4.29. The SMILES string of the molecule is Cc1cc(C)cc(-c2cc(-c3ccccc3)nc(-c3ccc(Br)cc3)c2)c1. The van der Waals surface area contributed by atoms with Gasteiger partial charge in [0.05, 0.1) is 11.4 Å². The van der Waals surface area contributed by atoms with Crippen molar-refractivity contribution in [3.63, 3.8) is 0 Å². The van der Waals surface area contributed by atoms with Gasteiger partial charge >= 0.3 is 0 Å². The van der Waals surface area contributed by atoms with Crippen LogP contribution in [0.25, 0.3) is 33.6 Å². The maximum absolute atomic E-state index is 4.96. The number of hydrogen-bond acceptors (Lipinski definition) is 1. The van der Waals surface area contributed by atoms with Gasteiger partial charge in [0.25, 0.3) is 0 Å². The number of nitrogens with zero attached hydrogens (tertiary/aromatic N) is 1. The lowest BCUT2D eigenvalue weighted by Crippen LogP contribution is -1.92. The first-order chi connectivity index (χ1) is 13.1. The number of hydrogen-bond donors (Lipinski definition) is 0. The average molecular weight is 414 g/mol. The van der Waals surface area contributed by atoms with Crippen LogP contribution in [-0.4, -0.2) is 4.98 Å². The van der Waals surface area contributed by atoms with Gasteiger partial charge < -0.3 is 0 Å². The molecule has 0 saturated carbocycles. The predicted octanol–water partition coefficient (Wildman–Crippen LogP) is 7.46. The first kappa shape index (κ1) is 17.7. The molecule has 0 bridgehead atoms. The highest BCUT2D eigenvalue weighted by Crippen LogP contribution is 2.31. The number of aryl methyl sites for hydroxylation is 2. The minimum absolute atomic E-state index is 0.984. The summed E-state index contributed by atoms with van der Waals surface area (Å²) in [6, 6.07) is 29.7. The van der Waals surface area contributed by atoms with Gasteiger partial charge in [-0.3, -0.25) is 0 Å². The maximum atomic E-state index is 4.96. The zero-order valence-electron chi connectivity index (χ0n) is 15.4. The standard InChI is InChI=1S/C25H20BrN/c1-17-12-18(2)14-21(13-17)22-15-24(19-6-4-3-5-7-19)27-25(16-22)20-8-10-23(26)11-9-20/h3-16H,1-2H3. The van der Waals surface area contributed by atoms with E-state index < -0.39 is 0 Å². The summed E-state index contributed by atoms with van der Waals surface area (Å²) in [5, 5.41) is 0. The van der Waals surface area contributed by atoms with E-state index in [1.54, 1.807) is 0 Å². The Balaban J connectivity index is 1.92. The van der Waals surface area contributed by atoms with Gasteiger partial charge in [-0.05, 0) is 49.2 Å². The molecule has 0 amide bonds. The molecule has 0 radical (unpaired) electrons. The van der Waals surface area contributed by atoms with E-state index in [0.717, 1.165) is 27.0 Å². The van der Waals surface area contributed by atoms with Crippen LogP contribution < -0.4 is 0 Å². The third-order valence-electron chi connectivity index (χ3n) is 4.59. The van der Waals surface area contributed by atoms with Crippen molar-refractivity contribution in [2.45, 2.75) is 13.8 Å². The quantitative estimate of drug-likeness (QED) is 0.339. The van der Waals surface area contributed by atoms with Gasteiger partial charge in [0.1, 0.15) is 0 Å². The Morgan fingerprint density at radius 1 is 0.556 bits per heavy atom. The number of aromatic nitrogens is 1. The van der Waals surface area contributed by atoms with Crippen molar-refractivity contribution in [2.75, 3.05) is 0 Å². The van der Waals surface area contributed by atoms with Gasteiger partial charge in [-0.25, -0.2) is 4.98 Å². The lowest BCUT2D eigenvalue weighted by atomic mass is 9.97. The van der Waals surface area contributed by atoms with Crippen LogP contribution in [0.4, 0.5) is 0 Å². The molecule has 132 valence electrons. The van der Waals surface area contributed by atoms with E-state index in [9.17, 15) is 0 Å². The van der Waals surface area contributed by atoms with E-state index in [4.69, 9.17) is 4.98 Å². The maximum Gasteiger partial charge on any atom is 0.0715 e. The van der Waals surface area contributed by atoms with Crippen LogP contribution in [0.2, 0.25) is 0 Å². The summed E-state index contributed by atoms with van der Waals surface area (Å²) < 4.78 is 1.07. The van der Waals surface area contributed by atoms with Crippen LogP contribution >= 0.6 is 15.9 Å². The Morgan fingerprint density at radius 3 is 1.67 bits per heavy atom. The molecule has 1 heterocycles. The second-order valence-corrected chi connectivity index (χ2v) is 7.79. The molecule has 1 nitrogen and oxygen atoms in total. The lowest BCUT2D eigenvalue weighted by molar-refractivity contribution is 1.31. The fraction of sp³-hybridized carbons (Fsp3) is 0.0800. The van der Waals surface area contributed by atoms with E-state index in [1.807, 2.05) is 6.07 Å². The fourth-order valence-corrected chi connectivity index (χ4v) is 3.63. The molecular weight excluding hydrogens is 394 g/mol. The Morgan fingerprint density at radius 2 is 1.07 bits per heavy atom. The van der Waals surface area contributed by atoms with E-state index in [1.165, 1.54) is 22.3 Å². The molecule has 0 unspecified atom stereocenters. The van der Waals surface area contributed by atoms with Gasteiger partial charge in [-0.2, -0.15) is 0 Å². The highest BCUT2D eigenvalue weighted by atomic mass is 79.9. The molecule has 0 aliphatic carbocycles. The second kappa shape index (κ2) is 7.50. The van der Waals surface area contributed by atoms with Crippen molar-refractivity contribution in [2.24, 2.45) is 0 Å². The molecule has 4 aromatic rings. The molecule has 0 aliphatic rings. The number of pyridine rings is 1. The van der Waals surface area contributed by atoms with Crippen molar-refractivity contribution in [3.8, 4) is 33.6 Å². The van der Waals surface area contributed by atoms with Crippen molar-refractivity contribution in [3.05, 3.63) is 101 Å². The van der Waals surface area contributed by atoms with Crippen molar-refractivity contribution >= 4 is 15.9 Å². The van der Waals surface area contributed by atoms with Gasteiger partial charge in [-0.15, -0.1) is 0 Å². The van der Waals surface area contributed by atoms with Gasteiger partial charge in [0, 0.05) is 15.6 Å². The van der Waals surface area contributed by atoms with Crippen LogP contribution in [0.5, 0.6) is 0 Å². The molecule has 0 N–H and O–H groups in total. The topological polar surface area (TPSA) is 12.9 Å². The van der Waals surface area contributed by atoms with Crippen LogP contribution in [-0.2, 0) is 0 Å². The van der Waals surface area contributed by atoms with Crippen molar-refractivity contribution in [1.82, 2.24) is 4.98 Å². The van der Waals surface area contributed by atoms with Gasteiger partial charge in [0.15, 0.2) is 0 Å². The lowest BCUT2D eigenvalue weighted by Gasteiger charge is -2.11. The summed E-state index contributed by atoms with van der Waals surface area (Å²) in [4.78, 5) is 4.96. The first-order valence-electron chi connectivity index (χ1n) is 9.00. The second-order valence-electron chi connectivity index (χ2n) is 6.88. The van der Waals surface area contributed by atoms with Crippen LogP contribution in [0.15, 0.2) is 89.4 Å². The third kappa shape index (κ3) is 4.01. The average Bonchev–Trinajstić information content (AvgIpc) is 2.68. The zero-order valence-corrected chi connectivity index (χ0v) is 17.0. The Bertz CT molecular complexity index is 1060. The van der Waals surface area contributed by atoms with Crippen LogP contribution in [0, 0.1) is 13.8 Å². The summed E-state index contributed by atoms with van der Waals surface area (Å²) in [6.07, 6.45) is 0. The van der Waals surface area contributed by atoms with E-state index in [0.29, 0.717) is 0 Å². The monoisotopic (exact) mass is 413 g/mol. The van der Waals surface area contributed by atoms with Crippen molar-refractivity contribution in [1.29, 1.82) is 0 Å². The molecule has 27 heavy (non-hydrogen) atoms. The molecule has 0 aliphatic heterocycles. The summed E-state index contributed by atoms with van der Waals surface area (Å²) in [5.41, 5.74) is 9.17. The summed E-state index contributed by atoms with van der Waals surface area (Å²) in [5.74, 6) is 0. The Kier molecular flexibility index (Phi) is 4.91. The molecule has 0 fully saturated rings. The zero-order chi connectivity index (χ0) is 18.8. The highest BCUT2D eigenvalue weighted by Gasteiger charge is 2.09. The van der Waals surface area contributed by atoms with E-state index in [2.05, 4.69) is 109 Å². The van der Waals surface area contributed by atoms with E-state index in [-0.39, 0.29) is 0 Å². The fourth-order valence-electron chi connectivity index (χ4n) is 3.36. The van der Waals surface area contributed by atoms with Crippen LogP contribution in [0.3, 0.4) is 0 Å². The molecule has 0 spiro atoms. The molecule has 0 saturated heterocycles. The van der Waals surface area contributed by atoms with Crippen LogP contribution in [0.1, 0.15) is 11.1 Å². The predicted molar refractivity (Wildman–Crippen MR) is 118 cm³/mol. The third-order valence-corrected chi connectivity index (χ3v) is 5.12. The van der Waals surface area contributed by atoms with Crippen molar-refractivity contribution < 1.29 is 0 Å². The number of halogens is 1. The van der Waals surface area contributed by atoms with Gasteiger partial charge in [-0.1, -0.05) is 87.7 Å². The number of benzene rings is 3.